The highest BCUT2D eigenvalue weighted by Crippen LogP contribution is 2.58. The van der Waals surface area contributed by atoms with Gasteiger partial charge >= 0.3 is 29.6 Å². The summed E-state index contributed by atoms with van der Waals surface area (Å²) in [5, 5.41) is 9.70. The molecule has 0 saturated carbocycles. The Hall–Kier alpha value is -1.34. The maximum absolute atomic E-state index is 12.9. The molecule has 0 aromatic carbocycles. The van der Waals surface area contributed by atoms with E-state index >= 15 is 0 Å². The van der Waals surface area contributed by atoms with Crippen LogP contribution in [0.1, 0.15) is 13.3 Å². The van der Waals surface area contributed by atoms with Gasteiger partial charge in [-0.3, -0.25) is 0 Å². The van der Waals surface area contributed by atoms with E-state index in [2.05, 4.69) is 0 Å². The minimum atomic E-state index is -7.60. The van der Waals surface area contributed by atoms with Crippen LogP contribution in [0.2, 0.25) is 0 Å². The normalized spacial score (nSPS) is 15.8. The summed E-state index contributed by atoms with van der Waals surface area (Å²) >= 11 is 0. The van der Waals surface area contributed by atoms with E-state index < -0.39 is 48.2 Å². The van der Waals surface area contributed by atoms with Crippen molar-refractivity contribution < 1.29 is 58.2 Å². The molecule has 3 nitrogen and oxygen atoms in total. The van der Waals surface area contributed by atoms with Gasteiger partial charge in [0.05, 0.1) is 0 Å². The molecular weight excluding hydrogens is 363 g/mol. The standard InChI is InChI=1S/C9H7F11O2.H3N/c1-2-3(10)5(11,12)7(15,16)9(19,20)8(17,18)6(13,14)4(21)22;/h3H,2H2,1H3,(H,21,22);1H3. The molecule has 1 atom stereocenters. The van der Waals surface area contributed by atoms with E-state index in [1.54, 1.807) is 0 Å². The Balaban J connectivity index is 0. The highest BCUT2D eigenvalue weighted by Gasteiger charge is 2.87. The van der Waals surface area contributed by atoms with Crippen molar-refractivity contribution in [2.75, 3.05) is 0 Å². The summed E-state index contributed by atoms with van der Waals surface area (Å²) in [7, 11) is 0. The molecule has 0 heterocycles. The highest BCUT2D eigenvalue weighted by molar-refractivity contribution is 5.75. The van der Waals surface area contributed by atoms with Crippen LogP contribution < -0.4 is 11.3 Å². The molecule has 0 saturated heterocycles. The predicted octanol–water partition coefficient (Wildman–Crippen LogP) is 3.04. The lowest BCUT2D eigenvalue weighted by molar-refractivity contribution is -0.417. The second kappa shape index (κ2) is 6.28. The fraction of sp³-hybridized carbons (Fsp3) is 0.889. The van der Waals surface area contributed by atoms with Crippen molar-refractivity contribution >= 4 is 5.97 Å². The molecule has 0 aliphatic heterocycles. The van der Waals surface area contributed by atoms with E-state index in [0.717, 1.165) is 0 Å². The van der Waals surface area contributed by atoms with Gasteiger partial charge in [-0.2, -0.15) is 43.9 Å². The molecule has 140 valence electrons. The number of carboxylic acids is 1. The number of aliphatic carboxylic acids is 1. The summed E-state index contributed by atoms with van der Waals surface area (Å²) in [6.45, 7) is 0.459. The van der Waals surface area contributed by atoms with Crippen LogP contribution in [-0.4, -0.2) is 41.8 Å². The zero-order valence-electron chi connectivity index (χ0n) is 11.3. The summed E-state index contributed by atoms with van der Waals surface area (Å²) in [6, 6.07) is 0. The third kappa shape index (κ3) is 3.04. The van der Waals surface area contributed by atoms with Crippen LogP contribution in [0.5, 0.6) is 0 Å². The first-order valence-corrected chi connectivity index (χ1v) is 5.17. The lowest BCUT2D eigenvalue weighted by atomic mass is 9.91. The largest absolute Gasteiger partial charge is 0.544 e. The van der Waals surface area contributed by atoms with Crippen LogP contribution in [-0.2, 0) is 4.79 Å². The van der Waals surface area contributed by atoms with E-state index in [0.29, 0.717) is 6.92 Å². The van der Waals surface area contributed by atoms with Crippen molar-refractivity contribution in [3.8, 4) is 0 Å². The zero-order chi connectivity index (χ0) is 18.4. The topological polar surface area (TPSA) is 76.6 Å². The molecular formula is C9H10F11NO2. The van der Waals surface area contributed by atoms with Crippen molar-refractivity contribution in [1.29, 1.82) is 0 Å². The van der Waals surface area contributed by atoms with Crippen molar-refractivity contribution in [1.82, 2.24) is 6.15 Å². The number of alkyl halides is 11. The van der Waals surface area contributed by atoms with Gasteiger partial charge in [-0.25, -0.2) is 4.39 Å². The molecule has 23 heavy (non-hydrogen) atoms. The summed E-state index contributed by atoms with van der Waals surface area (Å²) in [6.07, 6.45) is -5.62. The molecule has 0 amide bonds. The number of carboxylic acid groups (broad SMARTS) is 1. The van der Waals surface area contributed by atoms with Crippen molar-refractivity contribution in [2.45, 2.75) is 49.1 Å². The number of hydrogen-bond acceptors (Lipinski definition) is 2. The molecule has 0 aliphatic carbocycles. The smallest absolute Gasteiger partial charge is 0.385 e. The van der Waals surface area contributed by atoms with Crippen LogP contribution >= 0.6 is 0 Å². The number of hydrogen-bond donors (Lipinski definition) is 1. The van der Waals surface area contributed by atoms with Gasteiger partial charge in [0.1, 0.15) is 5.97 Å². The van der Waals surface area contributed by atoms with Gasteiger partial charge < -0.3 is 16.1 Å². The number of quaternary nitrogens is 1. The van der Waals surface area contributed by atoms with Crippen LogP contribution in [0.15, 0.2) is 0 Å². The Morgan fingerprint density at radius 1 is 0.870 bits per heavy atom. The van der Waals surface area contributed by atoms with Crippen LogP contribution in [0.4, 0.5) is 48.3 Å². The van der Waals surface area contributed by atoms with Gasteiger partial charge in [0, 0.05) is 0 Å². The van der Waals surface area contributed by atoms with E-state index in [-0.39, 0.29) is 6.15 Å². The van der Waals surface area contributed by atoms with E-state index in [1.807, 2.05) is 0 Å². The third-order valence-electron chi connectivity index (χ3n) is 2.61. The molecule has 0 spiro atoms. The lowest BCUT2D eigenvalue weighted by Crippen LogP contribution is -2.71. The third-order valence-corrected chi connectivity index (χ3v) is 2.61. The van der Waals surface area contributed by atoms with Gasteiger partial charge in [-0.05, 0) is 6.42 Å². The molecule has 14 heteroatoms. The van der Waals surface area contributed by atoms with Crippen molar-refractivity contribution in [3.05, 3.63) is 0 Å². The first kappa shape index (κ1) is 23.9. The molecule has 0 radical (unpaired) electrons. The van der Waals surface area contributed by atoms with Gasteiger partial charge in [0.15, 0.2) is 6.17 Å². The Morgan fingerprint density at radius 3 is 1.48 bits per heavy atom. The van der Waals surface area contributed by atoms with Gasteiger partial charge in [0.25, 0.3) is 0 Å². The molecule has 1 unspecified atom stereocenters. The fourth-order valence-corrected chi connectivity index (χ4v) is 1.18. The molecule has 4 N–H and O–H groups in total. The van der Waals surface area contributed by atoms with Crippen LogP contribution in [0.25, 0.3) is 0 Å². The number of halogens is 11. The number of carbonyl (C=O) groups excluding carboxylic acids is 1. The second-order valence-corrected chi connectivity index (χ2v) is 4.08. The second-order valence-electron chi connectivity index (χ2n) is 4.08. The zero-order valence-corrected chi connectivity index (χ0v) is 11.3. The molecule has 0 aromatic heterocycles. The molecule has 0 bridgehead atoms. The molecule has 0 aromatic rings. The van der Waals surface area contributed by atoms with Crippen molar-refractivity contribution in [3.63, 3.8) is 0 Å². The molecule has 0 fully saturated rings. The minimum absolute atomic E-state index is 0. The van der Waals surface area contributed by atoms with Gasteiger partial charge in [-0.15, -0.1) is 0 Å². The van der Waals surface area contributed by atoms with Gasteiger partial charge in [0.2, 0.25) is 0 Å². The predicted molar refractivity (Wildman–Crippen MR) is 50.9 cm³/mol. The van der Waals surface area contributed by atoms with E-state index in [9.17, 15) is 58.2 Å². The Bertz CT molecular complexity index is 437. The number of rotatable bonds is 7. The summed E-state index contributed by atoms with van der Waals surface area (Å²) < 4.78 is 141. The Kier molecular flexibility index (Phi) is 6.53. The Labute approximate surface area is 121 Å². The fourth-order valence-electron chi connectivity index (χ4n) is 1.18. The SMILES string of the molecule is CCC(F)C(F)(F)C(F)(F)C(F)(F)C(F)(F)C(F)(F)C(=O)[O-].[NH4+]. The maximum atomic E-state index is 12.9. The van der Waals surface area contributed by atoms with E-state index in [1.165, 1.54) is 0 Å². The summed E-state index contributed by atoms with van der Waals surface area (Å²) in [4.78, 5) is 9.70. The highest BCUT2D eigenvalue weighted by atomic mass is 19.4. The lowest BCUT2D eigenvalue weighted by Gasteiger charge is -2.40. The van der Waals surface area contributed by atoms with Crippen LogP contribution in [0.3, 0.4) is 0 Å². The summed E-state index contributed by atoms with van der Waals surface area (Å²) in [5.41, 5.74) is 0. The molecule has 0 rings (SSSR count). The minimum Gasteiger partial charge on any atom is -0.544 e. The van der Waals surface area contributed by atoms with Gasteiger partial charge in [-0.1, -0.05) is 6.92 Å². The summed E-state index contributed by atoms with van der Waals surface area (Å²) in [5.74, 6) is -40.0. The average molecular weight is 373 g/mol. The maximum Gasteiger partial charge on any atom is 0.385 e. The first-order chi connectivity index (χ1) is 9.42. The van der Waals surface area contributed by atoms with E-state index in [4.69, 9.17) is 0 Å². The Morgan fingerprint density at radius 2 is 1.22 bits per heavy atom. The average Bonchev–Trinajstić information content (AvgIpc) is 2.36. The van der Waals surface area contributed by atoms with Crippen molar-refractivity contribution in [2.24, 2.45) is 0 Å². The monoisotopic (exact) mass is 373 g/mol. The molecule has 0 aliphatic rings. The quantitative estimate of drug-likeness (QED) is 0.697. The first-order valence-electron chi connectivity index (χ1n) is 5.17. The number of carbonyl (C=O) groups is 1. The van der Waals surface area contributed by atoms with Crippen LogP contribution in [0, 0.1) is 0 Å².